The summed E-state index contributed by atoms with van der Waals surface area (Å²) < 4.78 is 10.9. The van der Waals surface area contributed by atoms with Gasteiger partial charge in [0.1, 0.15) is 6.10 Å². The zero-order valence-electron chi connectivity index (χ0n) is 12.8. The minimum Gasteiger partial charge on any atom is -0.445 e. The molecule has 0 unspecified atom stereocenters. The number of hydrogen-bond donors (Lipinski definition) is 1. The third kappa shape index (κ3) is 3.92. The summed E-state index contributed by atoms with van der Waals surface area (Å²) in [6.07, 6.45) is 4.61. The van der Waals surface area contributed by atoms with E-state index in [9.17, 15) is 4.79 Å². The van der Waals surface area contributed by atoms with Crippen LogP contribution in [0.4, 0.5) is 0 Å². The maximum Gasteiger partial charge on any atom is 0.273 e. The number of nitrogens with zero attached hydrogens (tertiary/aromatic N) is 1. The van der Waals surface area contributed by atoms with Gasteiger partial charge in [-0.1, -0.05) is 29.8 Å². The van der Waals surface area contributed by atoms with E-state index in [2.05, 4.69) is 10.3 Å². The minimum atomic E-state index is -0.219. The molecule has 0 spiro atoms. The van der Waals surface area contributed by atoms with Gasteiger partial charge in [0.15, 0.2) is 17.8 Å². The number of carbonyl (C=O) groups is 1. The second kappa shape index (κ2) is 7.62. The molecule has 0 radical (unpaired) electrons. The molecule has 2 heterocycles. The van der Waals surface area contributed by atoms with Gasteiger partial charge in [-0.2, -0.15) is 0 Å². The number of amides is 1. The number of nitrogens with one attached hydrogen (secondary N) is 1. The molecule has 1 fully saturated rings. The van der Waals surface area contributed by atoms with Crippen LogP contribution in [0.1, 0.15) is 47.2 Å². The van der Waals surface area contributed by atoms with Gasteiger partial charge in [-0.05, 0) is 37.3 Å². The lowest BCUT2D eigenvalue weighted by molar-refractivity contribution is 0.0861. The molecule has 1 aliphatic heterocycles. The van der Waals surface area contributed by atoms with E-state index in [1.807, 2.05) is 24.3 Å². The Morgan fingerprint density at radius 3 is 3.04 bits per heavy atom. The first-order valence-corrected chi connectivity index (χ1v) is 8.20. The van der Waals surface area contributed by atoms with Crippen molar-refractivity contribution in [2.24, 2.45) is 0 Å². The third-order valence-electron chi connectivity index (χ3n) is 3.90. The molecule has 0 saturated carbocycles. The SMILES string of the molecule is O=C(NCCCc1ccccc1Cl)c1ncoc1[C@H]1CCCO1. The lowest BCUT2D eigenvalue weighted by Gasteiger charge is -2.08. The average molecular weight is 335 g/mol. The molecular formula is C17H19ClN2O3. The van der Waals surface area contributed by atoms with E-state index in [1.54, 1.807) is 0 Å². The van der Waals surface area contributed by atoms with E-state index in [4.69, 9.17) is 20.8 Å². The summed E-state index contributed by atoms with van der Waals surface area (Å²) in [5, 5.41) is 3.64. The fraction of sp³-hybridized carbons (Fsp3) is 0.412. The van der Waals surface area contributed by atoms with Crippen molar-refractivity contribution >= 4 is 17.5 Å². The van der Waals surface area contributed by atoms with Gasteiger partial charge in [-0.15, -0.1) is 0 Å². The van der Waals surface area contributed by atoms with Crippen molar-refractivity contribution in [1.29, 1.82) is 0 Å². The van der Waals surface area contributed by atoms with Crippen LogP contribution in [0.2, 0.25) is 5.02 Å². The lowest BCUT2D eigenvalue weighted by Crippen LogP contribution is -2.26. The smallest absolute Gasteiger partial charge is 0.273 e. The van der Waals surface area contributed by atoms with Gasteiger partial charge in [-0.3, -0.25) is 4.79 Å². The molecule has 1 atom stereocenters. The molecule has 5 nitrogen and oxygen atoms in total. The fourth-order valence-corrected chi connectivity index (χ4v) is 2.93. The van der Waals surface area contributed by atoms with E-state index in [0.717, 1.165) is 36.3 Å². The monoisotopic (exact) mass is 334 g/mol. The number of hydrogen-bond acceptors (Lipinski definition) is 4. The Morgan fingerprint density at radius 2 is 2.26 bits per heavy atom. The van der Waals surface area contributed by atoms with Gasteiger partial charge in [0.05, 0.1) is 0 Å². The van der Waals surface area contributed by atoms with Crippen molar-refractivity contribution in [3.05, 3.63) is 52.7 Å². The number of ether oxygens (including phenoxy) is 1. The van der Waals surface area contributed by atoms with Gasteiger partial charge in [-0.25, -0.2) is 4.98 Å². The molecule has 0 aliphatic carbocycles. The van der Waals surface area contributed by atoms with Crippen molar-refractivity contribution in [1.82, 2.24) is 10.3 Å². The van der Waals surface area contributed by atoms with Crippen LogP contribution >= 0.6 is 11.6 Å². The van der Waals surface area contributed by atoms with Crippen LogP contribution in [0, 0.1) is 0 Å². The van der Waals surface area contributed by atoms with Crippen LogP contribution < -0.4 is 5.32 Å². The van der Waals surface area contributed by atoms with Crippen molar-refractivity contribution in [3.8, 4) is 0 Å². The summed E-state index contributed by atoms with van der Waals surface area (Å²) in [6.45, 7) is 1.26. The molecule has 23 heavy (non-hydrogen) atoms. The highest BCUT2D eigenvalue weighted by Gasteiger charge is 2.27. The molecule has 3 rings (SSSR count). The Morgan fingerprint density at radius 1 is 1.39 bits per heavy atom. The van der Waals surface area contributed by atoms with E-state index in [0.29, 0.717) is 24.6 Å². The standard InChI is InChI=1S/C17H19ClN2O3/c18-13-7-2-1-5-12(13)6-3-9-19-17(21)15-16(23-11-20-15)14-8-4-10-22-14/h1-2,5,7,11,14H,3-4,6,8-10H2,(H,19,21)/t14-/m1/s1. The number of aromatic nitrogens is 1. The molecule has 6 heteroatoms. The first kappa shape index (κ1) is 16.0. The van der Waals surface area contributed by atoms with E-state index in [1.165, 1.54) is 6.39 Å². The topological polar surface area (TPSA) is 64.4 Å². The summed E-state index contributed by atoms with van der Waals surface area (Å²) in [7, 11) is 0. The van der Waals surface area contributed by atoms with Crippen LogP contribution in [0.5, 0.6) is 0 Å². The molecule has 0 bridgehead atoms. The Kier molecular flexibility index (Phi) is 5.31. The predicted octanol–water partition coefficient (Wildman–Crippen LogP) is 3.54. The van der Waals surface area contributed by atoms with Crippen LogP contribution in [0.15, 0.2) is 35.1 Å². The summed E-state index contributed by atoms with van der Waals surface area (Å²) in [5.74, 6) is 0.314. The number of carbonyl (C=O) groups excluding carboxylic acids is 1. The molecule has 1 amide bonds. The number of rotatable bonds is 6. The summed E-state index contributed by atoms with van der Waals surface area (Å²) in [6, 6.07) is 7.74. The van der Waals surface area contributed by atoms with E-state index < -0.39 is 0 Å². The van der Waals surface area contributed by atoms with Crippen molar-refractivity contribution in [3.63, 3.8) is 0 Å². The molecule has 1 saturated heterocycles. The first-order valence-electron chi connectivity index (χ1n) is 7.82. The highest BCUT2D eigenvalue weighted by molar-refractivity contribution is 6.31. The van der Waals surface area contributed by atoms with E-state index in [-0.39, 0.29) is 12.0 Å². The highest BCUT2D eigenvalue weighted by atomic mass is 35.5. The lowest BCUT2D eigenvalue weighted by atomic mass is 10.1. The molecule has 1 aromatic heterocycles. The Labute approximate surface area is 140 Å². The van der Waals surface area contributed by atoms with Crippen molar-refractivity contribution in [2.75, 3.05) is 13.2 Å². The molecule has 1 aliphatic rings. The van der Waals surface area contributed by atoms with Crippen LogP contribution in [0.3, 0.4) is 0 Å². The number of halogens is 1. The normalized spacial score (nSPS) is 17.3. The Bertz CT molecular complexity index is 665. The Hall–Kier alpha value is -1.85. The van der Waals surface area contributed by atoms with Gasteiger partial charge in [0, 0.05) is 18.2 Å². The van der Waals surface area contributed by atoms with Crippen molar-refractivity contribution in [2.45, 2.75) is 31.8 Å². The number of benzene rings is 1. The summed E-state index contributed by atoms with van der Waals surface area (Å²) in [4.78, 5) is 16.3. The number of aryl methyl sites for hydroxylation is 1. The molecule has 1 N–H and O–H groups in total. The van der Waals surface area contributed by atoms with Gasteiger partial charge in [0.25, 0.3) is 5.91 Å². The van der Waals surface area contributed by atoms with Crippen LogP contribution in [-0.2, 0) is 11.2 Å². The molecule has 2 aromatic rings. The van der Waals surface area contributed by atoms with Gasteiger partial charge < -0.3 is 14.5 Å². The maximum absolute atomic E-state index is 12.2. The molecule has 1 aromatic carbocycles. The first-order chi connectivity index (χ1) is 11.3. The average Bonchev–Trinajstić information content (AvgIpc) is 3.23. The predicted molar refractivity (Wildman–Crippen MR) is 86.5 cm³/mol. The maximum atomic E-state index is 12.2. The quantitative estimate of drug-likeness (QED) is 0.821. The van der Waals surface area contributed by atoms with Crippen LogP contribution in [0.25, 0.3) is 0 Å². The largest absolute Gasteiger partial charge is 0.445 e. The Balaban J connectivity index is 1.50. The van der Waals surface area contributed by atoms with Crippen molar-refractivity contribution < 1.29 is 13.9 Å². The van der Waals surface area contributed by atoms with Gasteiger partial charge >= 0.3 is 0 Å². The highest BCUT2D eigenvalue weighted by Crippen LogP contribution is 2.30. The minimum absolute atomic E-state index is 0.152. The number of oxazole rings is 1. The fourth-order valence-electron chi connectivity index (χ4n) is 2.70. The van der Waals surface area contributed by atoms with Gasteiger partial charge in [0.2, 0.25) is 0 Å². The second-order valence-electron chi connectivity index (χ2n) is 5.52. The molecular weight excluding hydrogens is 316 g/mol. The zero-order chi connectivity index (χ0) is 16.1. The van der Waals surface area contributed by atoms with E-state index >= 15 is 0 Å². The third-order valence-corrected chi connectivity index (χ3v) is 4.27. The summed E-state index contributed by atoms with van der Waals surface area (Å²) >= 11 is 6.12. The molecule has 122 valence electrons. The van der Waals surface area contributed by atoms with Crippen LogP contribution in [-0.4, -0.2) is 24.0 Å². The second-order valence-corrected chi connectivity index (χ2v) is 5.92. The zero-order valence-corrected chi connectivity index (χ0v) is 13.5. The summed E-state index contributed by atoms with van der Waals surface area (Å²) in [5.41, 5.74) is 1.42.